The molecule has 94 valence electrons. The van der Waals surface area contributed by atoms with Crippen LogP contribution in [-0.4, -0.2) is 9.97 Å². The van der Waals surface area contributed by atoms with Gasteiger partial charge in [0.2, 0.25) is 5.95 Å². The maximum atomic E-state index is 5.68. The predicted molar refractivity (Wildman–Crippen MR) is 75.6 cm³/mol. The van der Waals surface area contributed by atoms with Crippen LogP contribution in [0.4, 0.5) is 5.95 Å². The molecule has 0 radical (unpaired) electrons. The zero-order valence-corrected chi connectivity index (χ0v) is 11.6. The maximum absolute atomic E-state index is 5.68. The molecule has 0 amide bonds. The molecule has 18 heavy (non-hydrogen) atoms. The van der Waals surface area contributed by atoms with E-state index >= 15 is 0 Å². The number of rotatable bonds is 1. The Bertz CT molecular complexity index is 586. The molecule has 1 heterocycles. The lowest BCUT2D eigenvalue weighted by molar-refractivity contribution is 1.14. The van der Waals surface area contributed by atoms with Crippen LogP contribution >= 0.6 is 0 Å². The van der Waals surface area contributed by atoms with Gasteiger partial charge in [0.15, 0.2) is 0 Å². The maximum Gasteiger partial charge on any atom is 0.220 e. The van der Waals surface area contributed by atoms with Gasteiger partial charge in [-0.2, -0.15) is 0 Å². The Balaban J connectivity index is 2.80. The minimum atomic E-state index is 0.321. The van der Waals surface area contributed by atoms with Crippen molar-refractivity contribution in [2.24, 2.45) is 0 Å². The average Bonchev–Trinajstić information content (AvgIpc) is 2.34. The van der Waals surface area contributed by atoms with Gasteiger partial charge in [0.05, 0.1) is 5.69 Å². The molecule has 0 aliphatic rings. The molecule has 2 aromatic rings. The molecule has 3 heteroatoms. The third-order valence-electron chi connectivity index (χ3n) is 3.93. The monoisotopic (exact) mass is 241 g/mol. The van der Waals surface area contributed by atoms with E-state index < -0.39 is 0 Å². The lowest BCUT2D eigenvalue weighted by Crippen LogP contribution is -2.02. The fraction of sp³-hybridized carbons (Fsp3) is 0.333. The average molecular weight is 241 g/mol. The Labute approximate surface area is 108 Å². The second-order valence-corrected chi connectivity index (χ2v) is 4.80. The van der Waals surface area contributed by atoms with Crippen molar-refractivity contribution < 1.29 is 0 Å². The normalized spacial score (nSPS) is 10.7. The third-order valence-corrected chi connectivity index (χ3v) is 3.93. The third kappa shape index (κ3) is 1.86. The summed E-state index contributed by atoms with van der Waals surface area (Å²) in [6.07, 6.45) is 1.71. The standard InChI is InChI=1S/C15H19N3/c1-8-9(2)11(4)14(12(5)10(8)3)13-6-7-17-15(16)18-13/h6-7H,1-5H3,(H2,16,17,18). The topological polar surface area (TPSA) is 51.8 Å². The predicted octanol–water partition coefficient (Wildman–Crippen LogP) is 3.27. The molecule has 1 aromatic heterocycles. The Morgan fingerprint density at radius 1 is 0.833 bits per heavy atom. The highest BCUT2D eigenvalue weighted by atomic mass is 15.0. The van der Waals surface area contributed by atoms with Crippen molar-refractivity contribution in [2.75, 3.05) is 5.73 Å². The van der Waals surface area contributed by atoms with Crippen LogP contribution in [0.15, 0.2) is 12.3 Å². The van der Waals surface area contributed by atoms with Gasteiger partial charge >= 0.3 is 0 Å². The zero-order valence-electron chi connectivity index (χ0n) is 11.6. The summed E-state index contributed by atoms with van der Waals surface area (Å²) in [5.74, 6) is 0.321. The van der Waals surface area contributed by atoms with Gasteiger partial charge in [-0.15, -0.1) is 0 Å². The first kappa shape index (κ1) is 12.6. The number of nitrogens with zero attached hydrogens (tertiary/aromatic N) is 2. The van der Waals surface area contributed by atoms with E-state index in [0.717, 1.165) is 5.69 Å². The second kappa shape index (κ2) is 4.41. The first-order valence-corrected chi connectivity index (χ1v) is 6.09. The van der Waals surface area contributed by atoms with Gasteiger partial charge in [0.1, 0.15) is 0 Å². The molecule has 2 rings (SSSR count). The summed E-state index contributed by atoms with van der Waals surface area (Å²) < 4.78 is 0. The van der Waals surface area contributed by atoms with Crippen molar-refractivity contribution in [3.05, 3.63) is 40.1 Å². The number of nitrogen functional groups attached to an aromatic ring is 1. The smallest absolute Gasteiger partial charge is 0.220 e. The Morgan fingerprint density at radius 3 is 1.83 bits per heavy atom. The first-order valence-electron chi connectivity index (χ1n) is 6.09. The Hall–Kier alpha value is -1.90. The van der Waals surface area contributed by atoms with Crippen molar-refractivity contribution in [1.82, 2.24) is 9.97 Å². The van der Waals surface area contributed by atoms with E-state index in [1.807, 2.05) is 6.07 Å². The molecule has 0 saturated carbocycles. The molecular formula is C15H19N3. The zero-order chi connectivity index (χ0) is 13.4. The van der Waals surface area contributed by atoms with Crippen LogP contribution in [0.2, 0.25) is 0 Å². The lowest BCUT2D eigenvalue weighted by Gasteiger charge is -2.18. The summed E-state index contributed by atoms with van der Waals surface area (Å²) in [5, 5.41) is 0. The Kier molecular flexibility index (Phi) is 3.07. The van der Waals surface area contributed by atoms with Gasteiger partial charge in [0.25, 0.3) is 0 Å². The van der Waals surface area contributed by atoms with E-state index in [-0.39, 0.29) is 0 Å². The van der Waals surface area contributed by atoms with Crippen molar-refractivity contribution in [3.8, 4) is 11.3 Å². The highest BCUT2D eigenvalue weighted by Crippen LogP contribution is 2.32. The van der Waals surface area contributed by atoms with E-state index in [1.54, 1.807) is 6.20 Å². The summed E-state index contributed by atoms with van der Waals surface area (Å²) in [4.78, 5) is 8.30. The highest BCUT2D eigenvalue weighted by Gasteiger charge is 2.14. The second-order valence-electron chi connectivity index (χ2n) is 4.80. The van der Waals surface area contributed by atoms with Crippen molar-refractivity contribution in [2.45, 2.75) is 34.6 Å². The van der Waals surface area contributed by atoms with E-state index in [0.29, 0.717) is 5.95 Å². The highest BCUT2D eigenvalue weighted by molar-refractivity contribution is 5.72. The van der Waals surface area contributed by atoms with Crippen molar-refractivity contribution in [1.29, 1.82) is 0 Å². The van der Waals surface area contributed by atoms with Gasteiger partial charge in [-0.3, -0.25) is 0 Å². The molecule has 0 spiro atoms. The van der Waals surface area contributed by atoms with Gasteiger partial charge in [-0.25, -0.2) is 9.97 Å². The summed E-state index contributed by atoms with van der Waals surface area (Å²) in [6.45, 7) is 10.8. The molecule has 0 bridgehead atoms. The number of aromatic nitrogens is 2. The molecule has 0 saturated heterocycles. The molecular weight excluding hydrogens is 222 g/mol. The fourth-order valence-electron chi connectivity index (χ4n) is 2.40. The largest absolute Gasteiger partial charge is 0.368 e. The van der Waals surface area contributed by atoms with Gasteiger partial charge < -0.3 is 5.73 Å². The Morgan fingerprint density at radius 2 is 1.33 bits per heavy atom. The lowest BCUT2D eigenvalue weighted by atomic mass is 9.88. The fourth-order valence-corrected chi connectivity index (χ4v) is 2.40. The van der Waals surface area contributed by atoms with Crippen LogP contribution in [0.1, 0.15) is 27.8 Å². The van der Waals surface area contributed by atoms with Crippen molar-refractivity contribution in [3.63, 3.8) is 0 Å². The minimum Gasteiger partial charge on any atom is -0.368 e. The quantitative estimate of drug-likeness (QED) is 0.833. The molecule has 3 nitrogen and oxygen atoms in total. The number of anilines is 1. The summed E-state index contributed by atoms with van der Waals surface area (Å²) in [5.41, 5.74) is 14.3. The van der Waals surface area contributed by atoms with E-state index in [2.05, 4.69) is 44.6 Å². The first-order chi connectivity index (χ1) is 8.43. The van der Waals surface area contributed by atoms with E-state index in [4.69, 9.17) is 5.73 Å². The van der Waals surface area contributed by atoms with Crippen LogP contribution < -0.4 is 5.73 Å². The molecule has 2 N–H and O–H groups in total. The van der Waals surface area contributed by atoms with E-state index in [1.165, 1.54) is 33.4 Å². The van der Waals surface area contributed by atoms with Crippen LogP contribution in [0, 0.1) is 34.6 Å². The summed E-state index contributed by atoms with van der Waals surface area (Å²) >= 11 is 0. The van der Waals surface area contributed by atoms with E-state index in [9.17, 15) is 0 Å². The van der Waals surface area contributed by atoms with Crippen LogP contribution in [0.5, 0.6) is 0 Å². The number of hydrogen-bond acceptors (Lipinski definition) is 3. The number of nitrogens with two attached hydrogens (primary N) is 1. The van der Waals surface area contributed by atoms with Crippen LogP contribution in [0.3, 0.4) is 0 Å². The molecule has 0 fully saturated rings. The molecule has 0 unspecified atom stereocenters. The van der Waals surface area contributed by atoms with Crippen LogP contribution in [-0.2, 0) is 0 Å². The van der Waals surface area contributed by atoms with Crippen molar-refractivity contribution >= 4 is 5.95 Å². The van der Waals surface area contributed by atoms with Gasteiger partial charge in [-0.1, -0.05) is 0 Å². The minimum absolute atomic E-state index is 0.321. The summed E-state index contributed by atoms with van der Waals surface area (Å²) in [7, 11) is 0. The molecule has 0 aliphatic carbocycles. The molecule has 1 aromatic carbocycles. The van der Waals surface area contributed by atoms with Gasteiger partial charge in [-0.05, 0) is 68.5 Å². The SMILES string of the molecule is Cc1c(C)c(C)c(-c2ccnc(N)n2)c(C)c1C. The summed E-state index contributed by atoms with van der Waals surface area (Å²) in [6, 6.07) is 1.92. The van der Waals surface area contributed by atoms with Crippen LogP contribution in [0.25, 0.3) is 11.3 Å². The number of benzene rings is 1. The van der Waals surface area contributed by atoms with Gasteiger partial charge in [0, 0.05) is 11.8 Å². The number of hydrogen-bond donors (Lipinski definition) is 1. The molecule has 0 atom stereocenters. The molecule has 0 aliphatic heterocycles.